The number of benzene rings is 1. The smallest absolute Gasteiger partial charge is 0.173 e. The lowest BCUT2D eigenvalue weighted by Gasteiger charge is -2.19. The summed E-state index contributed by atoms with van der Waals surface area (Å²) in [5.41, 5.74) is 1.77. The molecule has 1 nitrogen and oxygen atoms in total. The molecule has 1 heterocycles. The number of aryl methyl sites for hydroxylation is 1. The second kappa shape index (κ2) is 5.47. The molecule has 18 heavy (non-hydrogen) atoms. The summed E-state index contributed by atoms with van der Waals surface area (Å²) in [6.45, 7) is 2.01. The van der Waals surface area contributed by atoms with Crippen molar-refractivity contribution in [3.8, 4) is 0 Å². The van der Waals surface area contributed by atoms with Crippen molar-refractivity contribution in [1.82, 2.24) is 5.32 Å². The van der Waals surface area contributed by atoms with Gasteiger partial charge < -0.3 is 5.32 Å². The van der Waals surface area contributed by atoms with Crippen LogP contribution in [0.3, 0.4) is 0 Å². The van der Waals surface area contributed by atoms with Crippen molar-refractivity contribution in [2.75, 3.05) is 7.05 Å². The van der Waals surface area contributed by atoms with E-state index in [1.165, 1.54) is 0 Å². The number of halogens is 3. The summed E-state index contributed by atoms with van der Waals surface area (Å²) < 4.78 is 26.9. The average molecular weight is 332 g/mol. The van der Waals surface area contributed by atoms with E-state index in [1.54, 1.807) is 24.5 Å². The van der Waals surface area contributed by atoms with Crippen LogP contribution < -0.4 is 5.32 Å². The molecule has 0 aliphatic heterocycles. The number of hydrogen-bond donors (Lipinski definition) is 1. The number of hydrogen-bond acceptors (Lipinski definition) is 2. The fourth-order valence-electron chi connectivity index (χ4n) is 1.94. The molecule has 0 aliphatic carbocycles. The molecular formula is C13H12BrF2NS. The molecule has 1 atom stereocenters. The van der Waals surface area contributed by atoms with Crippen LogP contribution in [0.4, 0.5) is 8.78 Å². The minimum atomic E-state index is -0.847. The van der Waals surface area contributed by atoms with Gasteiger partial charge in [0.2, 0.25) is 0 Å². The van der Waals surface area contributed by atoms with Gasteiger partial charge in [0.1, 0.15) is 0 Å². The molecule has 0 saturated heterocycles. The van der Waals surface area contributed by atoms with Crippen molar-refractivity contribution >= 4 is 27.3 Å². The molecule has 1 unspecified atom stereocenters. The van der Waals surface area contributed by atoms with Gasteiger partial charge in [-0.05, 0) is 58.5 Å². The summed E-state index contributed by atoms with van der Waals surface area (Å²) in [6.07, 6.45) is 0. The first-order valence-corrected chi connectivity index (χ1v) is 7.08. The fraction of sp³-hybridized carbons (Fsp3) is 0.231. The summed E-state index contributed by atoms with van der Waals surface area (Å²) in [7, 11) is 1.80. The van der Waals surface area contributed by atoms with E-state index >= 15 is 0 Å². The Balaban J connectivity index is 2.53. The Morgan fingerprint density at radius 2 is 1.94 bits per heavy atom. The maximum Gasteiger partial charge on any atom is 0.173 e. The van der Waals surface area contributed by atoms with Crippen LogP contribution in [0.5, 0.6) is 0 Å². The highest BCUT2D eigenvalue weighted by molar-refractivity contribution is 9.10. The average Bonchev–Trinajstić information content (AvgIpc) is 2.77. The maximum absolute atomic E-state index is 13.6. The van der Waals surface area contributed by atoms with Gasteiger partial charge in [-0.2, -0.15) is 0 Å². The van der Waals surface area contributed by atoms with E-state index < -0.39 is 11.6 Å². The lowest BCUT2D eigenvalue weighted by atomic mass is 9.99. The first-order valence-electron chi connectivity index (χ1n) is 5.41. The summed E-state index contributed by atoms with van der Waals surface area (Å²) in [4.78, 5) is 1.16. The SMILES string of the molecule is CNC(c1ccsc1C)c1ccc(F)c(F)c1Br. The van der Waals surface area contributed by atoms with Crippen molar-refractivity contribution < 1.29 is 8.78 Å². The molecule has 0 aliphatic rings. The molecule has 0 spiro atoms. The largest absolute Gasteiger partial charge is 0.309 e. The summed E-state index contributed by atoms with van der Waals surface area (Å²) in [6, 6.07) is 4.60. The molecule has 96 valence electrons. The van der Waals surface area contributed by atoms with Gasteiger partial charge in [-0.15, -0.1) is 11.3 Å². The quantitative estimate of drug-likeness (QED) is 0.821. The molecule has 1 aromatic heterocycles. The Hall–Kier alpha value is -0.780. The highest BCUT2D eigenvalue weighted by atomic mass is 79.9. The zero-order valence-corrected chi connectivity index (χ0v) is 12.3. The minimum absolute atomic E-state index is 0.152. The second-order valence-electron chi connectivity index (χ2n) is 3.92. The number of rotatable bonds is 3. The normalized spacial score (nSPS) is 12.7. The van der Waals surface area contributed by atoms with Crippen molar-refractivity contribution in [2.24, 2.45) is 0 Å². The molecule has 0 radical (unpaired) electrons. The predicted molar refractivity (Wildman–Crippen MR) is 74.0 cm³/mol. The van der Waals surface area contributed by atoms with Crippen molar-refractivity contribution in [3.05, 3.63) is 55.7 Å². The van der Waals surface area contributed by atoms with Gasteiger partial charge in [0.15, 0.2) is 11.6 Å². The first kappa shape index (κ1) is 13.6. The fourth-order valence-corrected chi connectivity index (χ4v) is 3.23. The Morgan fingerprint density at radius 3 is 2.50 bits per heavy atom. The second-order valence-corrected chi connectivity index (χ2v) is 5.83. The van der Waals surface area contributed by atoms with Gasteiger partial charge in [0.25, 0.3) is 0 Å². The van der Waals surface area contributed by atoms with Gasteiger partial charge in [-0.3, -0.25) is 0 Å². The van der Waals surface area contributed by atoms with Crippen LogP contribution in [0, 0.1) is 18.6 Å². The third-order valence-electron chi connectivity index (χ3n) is 2.87. The highest BCUT2D eigenvalue weighted by Gasteiger charge is 2.21. The third kappa shape index (κ3) is 2.35. The van der Waals surface area contributed by atoms with E-state index in [-0.39, 0.29) is 10.5 Å². The van der Waals surface area contributed by atoms with Crippen LogP contribution in [0.15, 0.2) is 28.1 Å². The maximum atomic E-state index is 13.6. The van der Waals surface area contributed by atoms with Crippen LogP contribution in [-0.2, 0) is 0 Å². The topological polar surface area (TPSA) is 12.0 Å². The molecular weight excluding hydrogens is 320 g/mol. The van der Waals surface area contributed by atoms with Gasteiger partial charge in [0, 0.05) is 4.88 Å². The molecule has 1 N–H and O–H groups in total. The van der Waals surface area contributed by atoms with E-state index in [4.69, 9.17) is 0 Å². The van der Waals surface area contributed by atoms with E-state index in [0.717, 1.165) is 16.5 Å². The zero-order chi connectivity index (χ0) is 13.3. The van der Waals surface area contributed by atoms with E-state index in [9.17, 15) is 8.78 Å². The van der Waals surface area contributed by atoms with E-state index in [0.29, 0.717) is 5.56 Å². The Bertz CT molecular complexity index is 568. The number of nitrogens with one attached hydrogen (secondary N) is 1. The predicted octanol–water partition coefficient (Wildman–Crippen LogP) is 4.41. The van der Waals surface area contributed by atoms with Gasteiger partial charge in [-0.1, -0.05) is 6.07 Å². The Labute approximate surface area is 117 Å². The highest BCUT2D eigenvalue weighted by Crippen LogP contribution is 2.34. The van der Waals surface area contributed by atoms with E-state index in [1.807, 2.05) is 18.4 Å². The summed E-state index contributed by atoms with van der Waals surface area (Å²) >= 11 is 4.76. The van der Waals surface area contributed by atoms with Gasteiger partial charge in [-0.25, -0.2) is 8.78 Å². The standard InChI is InChI=1S/C13H12BrF2NS/c1-7-8(5-6-18-7)13(17-2)9-3-4-10(15)12(16)11(9)14/h3-6,13,17H,1-2H3. The lowest BCUT2D eigenvalue weighted by Crippen LogP contribution is -2.18. The van der Waals surface area contributed by atoms with Crippen LogP contribution in [0.1, 0.15) is 22.0 Å². The molecule has 0 amide bonds. The van der Waals surface area contributed by atoms with Crippen molar-refractivity contribution in [1.29, 1.82) is 0 Å². The van der Waals surface area contributed by atoms with E-state index in [2.05, 4.69) is 21.2 Å². The molecule has 0 fully saturated rings. The molecule has 0 bridgehead atoms. The third-order valence-corrected chi connectivity index (χ3v) is 4.54. The summed E-state index contributed by atoms with van der Waals surface area (Å²) in [5.74, 6) is -1.69. The monoisotopic (exact) mass is 331 g/mol. The molecule has 1 aromatic carbocycles. The van der Waals surface area contributed by atoms with Gasteiger partial charge in [0.05, 0.1) is 10.5 Å². The molecule has 2 aromatic rings. The van der Waals surface area contributed by atoms with Gasteiger partial charge >= 0.3 is 0 Å². The molecule has 2 rings (SSSR count). The number of thiophene rings is 1. The van der Waals surface area contributed by atoms with Crippen LogP contribution in [0.2, 0.25) is 0 Å². The van der Waals surface area contributed by atoms with Crippen molar-refractivity contribution in [3.63, 3.8) is 0 Å². The van der Waals surface area contributed by atoms with Crippen LogP contribution in [0.25, 0.3) is 0 Å². The van der Waals surface area contributed by atoms with Crippen molar-refractivity contribution in [2.45, 2.75) is 13.0 Å². The first-order chi connectivity index (χ1) is 8.56. The summed E-state index contributed by atoms with van der Waals surface area (Å²) in [5, 5.41) is 5.13. The molecule has 0 saturated carbocycles. The zero-order valence-electron chi connectivity index (χ0n) is 9.93. The minimum Gasteiger partial charge on any atom is -0.309 e. The Kier molecular flexibility index (Phi) is 4.14. The lowest BCUT2D eigenvalue weighted by molar-refractivity contribution is 0.499. The van der Waals surface area contributed by atoms with Crippen LogP contribution in [-0.4, -0.2) is 7.05 Å². The van der Waals surface area contributed by atoms with Crippen LogP contribution >= 0.6 is 27.3 Å². The Morgan fingerprint density at radius 1 is 1.22 bits per heavy atom. The molecule has 5 heteroatoms.